The molecular weight excluding hydrogens is 404 g/mol. The summed E-state index contributed by atoms with van der Waals surface area (Å²) in [6.07, 6.45) is 1.12. The first-order valence-corrected chi connectivity index (χ1v) is 11.3. The van der Waals surface area contributed by atoms with Crippen molar-refractivity contribution in [2.75, 3.05) is 27.3 Å². The lowest BCUT2D eigenvalue weighted by Gasteiger charge is -2.32. The number of hydrogen-bond acceptors (Lipinski definition) is 5. The van der Waals surface area contributed by atoms with Gasteiger partial charge in [0.05, 0.1) is 19.1 Å². The number of sulfonamides is 1. The Bertz CT molecular complexity index is 1030. The van der Waals surface area contributed by atoms with Gasteiger partial charge in [-0.15, -0.1) is 0 Å². The maximum absolute atomic E-state index is 12.9. The maximum atomic E-state index is 12.9. The van der Waals surface area contributed by atoms with Crippen LogP contribution in [0.15, 0.2) is 41.3 Å². The lowest BCUT2D eigenvalue weighted by Crippen LogP contribution is -2.46. The molecule has 1 fully saturated rings. The molecule has 1 amide bonds. The molecule has 2 aromatic rings. The highest BCUT2D eigenvalue weighted by Gasteiger charge is 2.28. The van der Waals surface area contributed by atoms with E-state index in [2.05, 4.69) is 4.72 Å². The van der Waals surface area contributed by atoms with Gasteiger partial charge in [-0.1, -0.05) is 12.1 Å². The van der Waals surface area contributed by atoms with Crippen molar-refractivity contribution in [3.63, 3.8) is 0 Å². The zero-order valence-corrected chi connectivity index (χ0v) is 18.6. The summed E-state index contributed by atoms with van der Waals surface area (Å²) in [7, 11) is -0.531. The highest BCUT2D eigenvalue weighted by molar-refractivity contribution is 7.89. The van der Waals surface area contributed by atoms with Crippen molar-refractivity contribution >= 4 is 15.9 Å². The summed E-state index contributed by atoms with van der Waals surface area (Å²) >= 11 is 0. The molecule has 2 aromatic carbocycles. The minimum atomic E-state index is -3.60. The van der Waals surface area contributed by atoms with Gasteiger partial charge in [-0.3, -0.25) is 4.79 Å². The van der Waals surface area contributed by atoms with Crippen LogP contribution in [-0.2, 0) is 10.0 Å². The number of aryl methyl sites for hydroxylation is 2. The number of carbonyl (C=O) groups is 1. The molecule has 1 heterocycles. The molecule has 0 aliphatic carbocycles. The first kappa shape index (κ1) is 22.1. The molecule has 0 atom stereocenters. The van der Waals surface area contributed by atoms with E-state index in [4.69, 9.17) is 9.47 Å². The van der Waals surface area contributed by atoms with Gasteiger partial charge in [0.2, 0.25) is 10.0 Å². The number of ether oxygens (including phenoxy) is 2. The zero-order valence-electron chi connectivity index (χ0n) is 17.8. The Hall–Kier alpha value is -2.58. The fourth-order valence-electron chi connectivity index (χ4n) is 3.63. The second-order valence-corrected chi connectivity index (χ2v) is 9.21. The van der Waals surface area contributed by atoms with Crippen molar-refractivity contribution < 1.29 is 22.7 Å². The first-order valence-electron chi connectivity index (χ1n) is 9.86. The Morgan fingerprint density at radius 2 is 1.67 bits per heavy atom. The van der Waals surface area contributed by atoms with Crippen LogP contribution in [0.4, 0.5) is 0 Å². The number of piperidine rings is 1. The Balaban J connectivity index is 1.65. The van der Waals surface area contributed by atoms with Crippen molar-refractivity contribution in [3.8, 4) is 11.5 Å². The third-order valence-electron chi connectivity index (χ3n) is 5.37. The molecule has 0 unspecified atom stereocenters. The van der Waals surface area contributed by atoms with E-state index < -0.39 is 10.0 Å². The van der Waals surface area contributed by atoms with Crippen LogP contribution in [0.25, 0.3) is 0 Å². The van der Waals surface area contributed by atoms with Gasteiger partial charge in [0, 0.05) is 24.7 Å². The molecule has 7 nitrogen and oxygen atoms in total. The van der Waals surface area contributed by atoms with Crippen molar-refractivity contribution in [2.24, 2.45) is 0 Å². The number of benzene rings is 2. The third kappa shape index (κ3) is 4.76. The molecule has 8 heteroatoms. The predicted molar refractivity (Wildman–Crippen MR) is 115 cm³/mol. The molecule has 162 valence electrons. The standard InChI is InChI=1S/C22H28N2O5S/c1-15-5-6-16(2)21(13-15)30(26,27)23-18-9-11-24(12-10-18)22(25)17-7-8-19(28-3)20(14-17)29-4/h5-8,13-14,18,23H,9-12H2,1-4H3. The quantitative estimate of drug-likeness (QED) is 0.759. The normalized spacial score (nSPS) is 15.1. The van der Waals surface area contributed by atoms with Crippen molar-refractivity contribution in [3.05, 3.63) is 53.1 Å². The Morgan fingerprint density at radius 1 is 1.00 bits per heavy atom. The molecule has 1 N–H and O–H groups in total. The molecule has 0 bridgehead atoms. The minimum Gasteiger partial charge on any atom is -0.493 e. The number of hydrogen-bond donors (Lipinski definition) is 1. The Morgan fingerprint density at radius 3 is 2.30 bits per heavy atom. The number of methoxy groups -OCH3 is 2. The van der Waals surface area contributed by atoms with E-state index in [0.29, 0.717) is 53.5 Å². The molecule has 30 heavy (non-hydrogen) atoms. The molecule has 3 rings (SSSR count). The van der Waals surface area contributed by atoms with Crippen molar-refractivity contribution in [1.29, 1.82) is 0 Å². The van der Waals surface area contributed by atoms with Crippen LogP contribution in [0.5, 0.6) is 11.5 Å². The number of amides is 1. The molecular formula is C22H28N2O5S. The van der Waals surface area contributed by atoms with E-state index in [1.807, 2.05) is 19.1 Å². The van der Waals surface area contributed by atoms with Gasteiger partial charge in [-0.2, -0.15) is 0 Å². The van der Waals surface area contributed by atoms with E-state index in [1.54, 1.807) is 43.2 Å². The van der Waals surface area contributed by atoms with Gasteiger partial charge >= 0.3 is 0 Å². The fraction of sp³-hybridized carbons (Fsp3) is 0.409. The van der Waals surface area contributed by atoms with E-state index >= 15 is 0 Å². The summed E-state index contributed by atoms with van der Waals surface area (Å²) in [5.74, 6) is 0.958. The number of carbonyl (C=O) groups excluding carboxylic acids is 1. The summed E-state index contributed by atoms with van der Waals surface area (Å²) in [5, 5.41) is 0. The van der Waals surface area contributed by atoms with Gasteiger partial charge in [0.1, 0.15) is 0 Å². The largest absolute Gasteiger partial charge is 0.493 e. The van der Waals surface area contributed by atoms with Crippen LogP contribution in [0.2, 0.25) is 0 Å². The molecule has 0 spiro atoms. The third-order valence-corrected chi connectivity index (χ3v) is 7.03. The minimum absolute atomic E-state index is 0.105. The van der Waals surface area contributed by atoms with E-state index in [9.17, 15) is 13.2 Å². The van der Waals surface area contributed by atoms with Crippen molar-refractivity contribution in [1.82, 2.24) is 9.62 Å². The maximum Gasteiger partial charge on any atom is 0.253 e. The van der Waals surface area contributed by atoms with Crippen LogP contribution in [0.3, 0.4) is 0 Å². The van der Waals surface area contributed by atoms with Crippen LogP contribution in [0, 0.1) is 13.8 Å². The highest BCUT2D eigenvalue weighted by Crippen LogP contribution is 2.28. The van der Waals surface area contributed by atoms with Gasteiger partial charge in [-0.25, -0.2) is 13.1 Å². The molecule has 1 aliphatic rings. The summed E-state index contributed by atoms with van der Waals surface area (Å²) in [4.78, 5) is 14.9. The van der Waals surface area contributed by atoms with Crippen molar-refractivity contribution in [2.45, 2.75) is 37.6 Å². The number of rotatable bonds is 6. The van der Waals surface area contributed by atoms with Gasteiger partial charge < -0.3 is 14.4 Å². The Kier molecular flexibility index (Phi) is 6.67. The highest BCUT2D eigenvalue weighted by atomic mass is 32.2. The molecule has 0 radical (unpaired) electrons. The van der Waals surface area contributed by atoms with E-state index in [0.717, 1.165) is 5.56 Å². The molecule has 0 saturated carbocycles. The lowest BCUT2D eigenvalue weighted by atomic mass is 10.0. The van der Waals surface area contributed by atoms with Crippen LogP contribution >= 0.6 is 0 Å². The van der Waals surface area contributed by atoms with Gasteiger partial charge in [0.15, 0.2) is 11.5 Å². The smallest absolute Gasteiger partial charge is 0.253 e. The van der Waals surface area contributed by atoms with Gasteiger partial charge in [-0.05, 0) is 62.1 Å². The van der Waals surface area contributed by atoms with E-state index in [-0.39, 0.29) is 11.9 Å². The monoisotopic (exact) mass is 432 g/mol. The average Bonchev–Trinajstić information content (AvgIpc) is 2.74. The van der Waals surface area contributed by atoms with Crippen LogP contribution in [0.1, 0.15) is 34.3 Å². The second-order valence-electron chi connectivity index (χ2n) is 7.53. The molecule has 1 aliphatic heterocycles. The lowest BCUT2D eigenvalue weighted by molar-refractivity contribution is 0.0711. The average molecular weight is 433 g/mol. The van der Waals surface area contributed by atoms with Crippen LogP contribution < -0.4 is 14.2 Å². The first-order chi connectivity index (χ1) is 14.2. The summed E-state index contributed by atoms with van der Waals surface area (Å²) in [6, 6.07) is 10.3. The summed E-state index contributed by atoms with van der Waals surface area (Å²) in [6.45, 7) is 4.62. The molecule has 0 aromatic heterocycles. The Labute approximate surface area is 178 Å². The summed E-state index contributed by atoms with van der Waals surface area (Å²) < 4.78 is 38.9. The number of nitrogens with zero attached hydrogens (tertiary/aromatic N) is 1. The zero-order chi connectivity index (χ0) is 21.9. The molecule has 1 saturated heterocycles. The van der Waals surface area contributed by atoms with E-state index in [1.165, 1.54) is 7.11 Å². The second kappa shape index (κ2) is 9.06. The topological polar surface area (TPSA) is 84.9 Å². The number of nitrogens with one attached hydrogen (secondary N) is 1. The van der Waals surface area contributed by atoms with Crippen LogP contribution in [-0.4, -0.2) is 52.6 Å². The predicted octanol–water partition coefficient (Wildman–Crippen LogP) is 2.90. The van der Waals surface area contributed by atoms with Gasteiger partial charge in [0.25, 0.3) is 5.91 Å². The summed E-state index contributed by atoms with van der Waals surface area (Å²) in [5.41, 5.74) is 2.13. The SMILES string of the molecule is COc1ccc(C(=O)N2CCC(NS(=O)(=O)c3cc(C)ccc3C)CC2)cc1OC. The fourth-order valence-corrected chi connectivity index (χ4v) is 5.27. The number of likely N-dealkylation sites (tertiary alicyclic amines) is 1.